The summed E-state index contributed by atoms with van der Waals surface area (Å²) >= 11 is 0. The maximum Gasteiger partial charge on any atom is 0.268 e. The topological polar surface area (TPSA) is 84.4 Å². The van der Waals surface area contributed by atoms with Gasteiger partial charge in [0.1, 0.15) is 5.70 Å². The third kappa shape index (κ3) is 10.7. The molecular formula is C15H32N4O. The Morgan fingerprint density at radius 3 is 2.55 bits per heavy atom. The van der Waals surface area contributed by atoms with E-state index in [4.69, 9.17) is 11.6 Å². The molecule has 5 nitrogen and oxygen atoms in total. The van der Waals surface area contributed by atoms with Crippen LogP contribution in [-0.4, -0.2) is 24.0 Å². The third-order valence-electron chi connectivity index (χ3n) is 3.08. The monoisotopic (exact) mass is 284 g/mol. The molecule has 0 rings (SSSR count). The van der Waals surface area contributed by atoms with Crippen molar-refractivity contribution in [2.75, 3.05) is 13.1 Å². The van der Waals surface area contributed by atoms with Crippen LogP contribution in [0.2, 0.25) is 0 Å². The van der Waals surface area contributed by atoms with Crippen molar-refractivity contribution in [2.24, 2.45) is 17.5 Å². The summed E-state index contributed by atoms with van der Waals surface area (Å²) in [5.41, 5.74) is 5.89. The Bertz CT molecular complexity index is 290. The minimum atomic E-state index is -0.235. The zero-order chi connectivity index (χ0) is 15.4. The number of hydrogen-bond donors (Lipinski definition) is 3. The molecule has 0 atom stereocenters. The molecule has 0 fully saturated rings. The fourth-order valence-electron chi connectivity index (χ4n) is 1.84. The van der Waals surface area contributed by atoms with Gasteiger partial charge in [0.25, 0.3) is 5.91 Å². The molecule has 0 saturated heterocycles. The van der Waals surface area contributed by atoms with Crippen molar-refractivity contribution in [3.63, 3.8) is 0 Å². The quantitative estimate of drug-likeness (QED) is 0.235. The zero-order valence-corrected chi connectivity index (χ0v) is 13.3. The van der Waals surface area contributed by atoms with E-state index in [1.54, 1.807) is 0 Å². The number of unbranched alkanes of at least 4 members (excludes halogenated alkanes) is 3. The van der Waals surface area contributed by atoms with Crippen molar-refractivity contribution in [1.82, 2.24) is 10.3 Å². The van der Waals surface area contributed by atoms with Gasteiger partial charge in [-0.15, -0.1) is 0 Å². The third-order valence-corrected chi connectivity index (χ3v) is 3.08. The Kier molecular flexibility index (Phi) is 10.9. The van der Waals surface area contributed by atoms with Crippen LogP contribution in [0.5, 0.6) is 0 Å². The van der Waals surface area contributed by atoms with Gasteiger partial charge in [0, 0.05) is 19.3 Å². The number of hydrazine groups is 1. The highest BCUT2D eigenvalue weighted by Crippen LogP contribution is 2.04. The van der Waals surface area contributed by atoms with E-state index >= 15 is 0 Å². The minimum absolute atomic E-state index is 0.174. The predicted octanol–water partition coefficient (Wildman–Crippen LogP) is 2.09. The van der Waals surface area contributed by atoms with Gasteiger partial charge >= 0.3 is 0 Å². The molecule has 0 aliphatic rings. The number of amides is 1. The summed E-state index contributed by atoms with van der Waals surface area (Å²) in [6, 6.07) is 0. The van der Waals surface area contributed by atoms with Gasteiger partial charge in [-0.1, -0.05) is 40.0 Å². The van der Waals surface area contributed by atoms with E-state index in [-0.39, 0.29) is 11.6 Å². The Labute approximate surface area is 123 Å². The average molecular weight is 284 g/mol. The Hall–Kier alpha value is -1.23. The van der Waals surface area contributed by atoms with Crippen LogP contribution in [0.3, 0.4) is 0 Å². The molecule has 0 saturated carbocycles. The lowest BCUT2D eigenvalue weighted by Gasteiger charge is -2.15. The van der Waals surface area contributed by atoms with Crippen molar-refractivity contribution in [2.45, 2.75) is 59.3 Å². The van der Waals surface area contributed by atoms with Crippen molar-refractivity contribution in [3.8, 4) is 0 Å². The van der Waals surface area contributed by atoms with E-state index in [2.05, 4.69) is 26.1 Å². The minimum Gasteiger partial charge on any atom is -0.393 e. The first-order chi connectivity index (χ1) is 9.47. The Morgan fingerprint density at radius 1 is 1.25 bits per heavy atom. The summed E-state index contributed by atoms with van der Waals surface area (Å²) in [6.45, 7) is 7.90. The standard InChI is InChI=1S/C15H32N4O/c1-4-5-6-7-10-18-15(20)14(16)12-19(17)11-8-9-13(2)3/h12-13H,4-11,16-17H2,1-3H3,(H,18,20)/b14-12-. The molecule has 0 unspecified atom stereocenters. The molecule has 0 radical (unpaired) electrons. The first-order valence-corrected chi connectivity index (χ1v) is 7.74. The van der Waals surface area contributed by atoms with Gasteiger partial charge in [-0.2, -0.15) is 0 Å². The fraction of sp³-hybridized carbons (Fsp3) is 0.800. The Morgan fingerprint density at radius 2 is 1.95 bits per heavy atom. The van der Waals surface area contributed by atoms with Crippen LogP contribution >= 0.6 is 0 Å². The lowest BCUT2D eigenvalue weighted by atomic mass is 10.1. The van der Waals surface area contributed by atoms with Gasteiger partial charge < -0.3 is 16.1 Å². The molecule has 118 valence electrons. The molecule has 0 heterocycles. The normalized spacial score (nSPS) is 11.8. The Balaban J connectivity index is 3.87. The number of rotatable bonds is 11. The van der Waals surface area contributed by atoms with Crippen molar-refractivity contribution >= 4 is 5.91 Å². The molecule has 0 aromatic rings. The van der Waals surface area contributed by atoms with E-state index < -0.39 is 0 Å². The highest BCUT2D eigenvalue weighted by molar-refractivity contribution is 5.92. The second-order valence-electron chi connectivity index (χ2n) is 5.67. The molecule has 0 aromatic carbocycles. The lowest BCUT2D eigenvalue weighted by Crippen LogP contribution is -2.33. The fourth-order valence-corrected chi connectivity index (χ4v) is 1.84. The van der Waals surface area contributed by atoms with E-state index in [1.807, 2.05) is 0 Å². The second kappa shape index (κ2) is 11.6. The number of carbonyl (C=O) groups excluding carboxylic acids is 1. The molecule has 0 bridgehead atoms. The van der Waals surface area contributed by atoms with Crippen LogP contribution in [0.25, 0.3) is 0 Å². The van der Waals surface area contributed by atoms with E-state index in [0.717, 1.165) is 25.7 Å². The largest absolute Gasteiger partial charge is 0.393 e. The molecular weight excluding hydrogens is 252 g/mol. The van der Waals surface area contributed by atoms with Gasteiger partial charge in [0.2, 0.25) is 0 Å². The van der Waals surface area contributed by atoms with Crippen molar-refractivity contribution in [3.05, 3.63) is 11.9 Å². The SMILES string of the molecule is CCCCCCNC(=O)/C(N)=C/N(N)CCCC(C)C. The molecule has 0 aliphatic carbocycles. The first kappa shape index (κ1) is 18.8. The first-order valence-electron chi connectivity index (χ1n) is 7.74. The highest BCUT2D eigenvalue weighted by atomic mass is 16.2. The molecule has 0 aromatic heterocycles. The van der Waals surface area contributed by atoms with E-state index in [9.17, 15) is 4.79 Å². The van der Waals surface area contributed by atoms with Crippen molar-refractivity contribution in [1.29, 1.82) is 0 Å². The second-order valence-corrected chi connectivity index (χ2v) is 5.67. The molecule has 0 aliphatic heterocycles. The number of nitrogens with two attached hydrogens (primary N) is 2. The number of nitrogens with zero attached hydrogens (tertiary/aromatic N) is 1. The lowest BCUT2D eigenvalue weighted by molar-refractivity contribution is -0.117. The van der Waals surface area contributed by atoms with Crippen LogP contribution in [0.4, 0.5) is 0 Å². The summed E-state index contributed by atoms with van der Waals surface area (Å²) in [5.74, 6) is 6.22. The maximum atomic E-state index is 11.7. The van der Waals surface area contributed by atoms with Crippen LogP contribution < -0.4 is 16.9 Å². The molecule has 0 spiro atoms. The zero-order valence-electron chi connectivity index (χ0n) is 13.3. The van der Waals surface area contributed by atoms with Crippen LogP contribution in [-0.2, 0) is 4.79 Å². The number of hydrogen-bond acceptors (Lipinski definition) is 4. The van der Waals surface area contributed by atoms with Crippen LogP contribution in [0.1, 0.15) is 59.3 Å². The van der Waals surface area contributed by atoms with Crippen LogP contribution in [0, 0.1) is 5.92 Å². The van der Waals surface area contributed by atoms with Gasteiger partial charge in [-0.3, -0.25) is 4.79 Å². The summed E-state index contributed by atoms with van der Waals surface area (Å²) < 4.78 is 0. The van der Waals surface area contributed by atoms with Gasteiger partial charge in [-0.05, 0) is 25.2 Å². The molecule has 1 amide bonds. The summed E-state index contributed by atoms with van der Waals surface area (Å²) in [6.07, 6.45) is 8.15. The molecule has 5 N–H and O–H groups in total. The van der Waals surface area contributed by atoms with Gasteiger partial charge in [0.15, 0.2) is 0 Å². The van der Waals surface area contributed by atoms with E-state index in [1.165, 1.54) is 24.1 Å². The van der Waals surface area contributed by atoms with Gasteiger partial charge in [-0.25, -0.2) is 5.84 Å². The summed E-state index contributed by atoms with van der Waals surface area (Å²) in [5, 5.41) is 4.30. The maximum absolute atomic E-state index is 11.7. The van der Waals surface area contributed by atoms with Crippen molar-refractivity contribution < 1.29 is 4.79 Å². The smallest absolute Gasteiger partial charge is 0.268 e. The van der Waals surface area contributed by atoms with E-state index in [0.29, 0.717) is 19.0 Å². The van der Waals surface area contributed by atoms with Crippen LogP contribution in [0.15, 0.2) is 11.9 Å². The average Bonchev–Trinajstić information content (AvgIpc) is 2.37. The predicted molar refractivity (Wildman–Crippen MR) is 84.4 cm³/mol. The molecule has 5 heteroatoms. The number of nitrogens with one attached hydrogen (secondary N) is 1. The van der Waals surface area contributed by atoms with Gasteiger partial charge in [0.05, 0.1) is 0 Å². The summed E-state index contributed by atoms with van der Waals surface area (Å²) in [7, 11) is 0. The highest BCUT2D eigenvalue weighted by Gasteiger charge is 2.05. The molecule has 20 heavy (non-hydrogen) atoms. The summed E-state index contributed by atoms with van der Waals surface area (Å²) in [4.78, 5) is 11.7. The number of carbonyl (C=O) groups is 1.